The third-order valence-corrected chi connectivity index (χ3v) is 4.56. The van der Waals surface area contributed by atoms with Crippen LogP contribution >= 0.6 is 11.6 Å². The van der Waals surface area contributed by atoms with Crippen LogP contribution in [0.5, 0.6) is 0 Å². The summed E-state index contributed by atoms with van der Waals surface area (Å²) in [5.74, 6) is 0.242. The molecular weight excluding hydrogens is 278 g/mol. The van der Waals surface area contributed by atoms with E-state index in [0.29, 0.717) is 11.7 Å². The van der Waals surface area contributed by atoms with Gasteiger partial charge in [-0.15, -0.1) is 0 Å². The van der Waals surface area contributed by atoms with E-state index in [1.165, 1.54) is 0 Å². The number of hydrogen-bond acceptors (Lipinski definition) is 3. The highest BCUT2D eigenvalue weighted by atomic mass is 35.5. The Morgan fingerprint density at radius 2 is 2.30 bits per heavy atom. The molecule has 0 aliphatic carbocycles. The Bertz CT molecular complexity index is 499. The third-order valence-electron chi connectivity index (χ3n) is 4.09. The predicted octanol–water partition coefficient (Wildman–Crippen LogP) is 1.54. The number of amides is 1. The van der Waals surface area contributed by atoms with E-state index < -0.39 is 0 Å². The molecule has 1 N–H and O–H groups in total. The summed E-state index contributed by atoms with van der Waals surface area (Å²) in [7, 11) is 1.77. The van der Waals surface area contributed by atoms with E-state index in [4.69, 9.17) is 11.6 Å². The standard InChI is InChI=1S/C14H22ClN3O2/c1-9-12(14(15)17(3)16-9)7-13(20)18-6-4-5-11(8-18)10(2)19/h10-11,19H,4-8H2,1-3H3. The van der Waals surface area contributed by atoms with Crippen molar-refractivity contribution in [3.8, 4) is 0 Å². The van der Waals surface area contributed by atoms with Gasteiger partial charge in [-0.2, -0.15) is 5.10 Å². The molecule has 1 aromatic rings. The van der Waals surface area contributed by atoms with E-state index in [1.807, 2.05) is 11.8 Å². The van der Waals surface area contributed by atoms with Gasteiger partial charge in [0.25, 0.3) is 0 Å². The summed E-state index contributed by atoms with van der Waals surface area (Å²) in [6.45, 7) is 5.05. The van der Waals surface area contributed by atoms with Crippen LogP contribution in [-0.2, 0) is 18.3 Å². The van der Waals surface area contributed by atoms with Gasteiger partial charge in [-0.25, -0.2) is 0 Å². The van der Waals surface area contributed by atoms with Crippen LogP contribution < -0.4 is 0 Å². The summed E-state index contributed by atoms with van der Waals surface area (Å²) in [4.78, 5) is 14.2. The van der Waals surface area contributed by atoms with Gasteiger partial charge in [0.1, 0.15) is 5.15 Å². The quantitative estimate of drug-likeness (QED) is 0.921. The Labute approximate surface area is 124 Å². The molecule has 1 aliphatic rings. The summed E-state index contributed by atoms with van der Waals surface area (Å²) in [6.07, 6.45) is 1.84. The van der Waals surface area contributed by atoms with Crippen molar-refractivity contribution in [3.05, 3.63) is 16.4 Å². The maximum absolute atomic E-state index is 12.4. The van der Waals surface area contributed by atoms with Crippen molar-refractivity contribution in [1.29, 1.82) is 0 Å². The first-order valence-electron chi connectivity index (χ1n) is 7.04. The molecule has 1 fully saturated rings. The number of nitrogens with zero attached hydrogens (tertiary/aromatic N) is 3. The highest BCUT2D eigenvalue weighted by Crippen LogP contribution is 2.23. The fourth-order valence-corrected chi connectivity index (χ4v) is 3.01. The molecule has 6 heteroatoms. The van der Waals surface area contributed by atoms with Crippen molar-refractivity contribution >= 4 is 17.5 Å². The normalized spacial score (nSPS) is 21.1. The lowest BCUT2D eigenvalue weighted by Crippen LogP contribution is -2.43. The largest absolute Gasteiger partial charge is 0.393 e. The molecule has 2 rings (SSSR count). The molecule has 0 radical (unpaired) electrons. The molecule has 1 aromatic heterocycles. The van der Waals surface area contributed by atoms with E-state index in [2.05, 4.69) is 5.10 Å². The summed E-state index contributed by atoms with van der Waals surface area (Å²) in [5, 5.41) is 14.4. The number of rotatable bonds is 3. The number of aryl methyl sites for hydroxylation is 2. The molecule has 0 aromatic carbocycles. The highest BCUT2D eigenvalue weighted by Gasteiger charge is 2.27. The number of halogens is 1. The number of hydrogen-bond donors (Lipinski definition) is 1. The Morgan fingerprint density at radius 1 is 1.60 bits per heavy atom. The fourth-order valence-electron chi connectivity index (χ4n) is 2.77. The number of piperidine rings is 1. The second-order valence-electron chi connectivity index (χ2n) is 5.64. The first kappa shape index (κ1) is 15.3. The topological polar surface area (TPSA) is 58.4 Å². The summed E-state index contributed by atoms with van der Waals surface area (Å²) >= 11 is 6.17. The zero-order chi connectivity index (χ0) is 14.9. The number of aliphatic hydroxyl groups excluding tert-OH is 1. The summed E-state index contributed by atoms with van der Waals surface area (Å²) in [6, 6.07) is 0. The fraction of sp³-hybridized carbons (Fsp3) is 0.714. The molecule has 0 bridgehead atoms. The van der Waals surface area contributed by atoms with E-state index in [-0.39, 0.29) is 24.3 Å². The van der Waals surface area contributed by atoms with Gasteiger partial charge in [0, 0.05) is 31.6 Å². The molecule has 20 heavy (non-hydrogen) atoms. The van der Waals surface area contributed by atoms with E-state index in [0.717, 1.165) is 30.6 Å². The molecule has 1 saturated heterocycles. The number of aromatic nitrogens is 2. The van der Waals surface area contributed by atoms with E-state index in [9.17, 15) is 9.90 Å². The van der Waals surface area contributed by atoms with Crippen LogP contribution in [0.3, 0.4) is 0 Å². The maximum Gasteiger partial charge on any atom is 0.227 e. The lowest BCUT2D eigenvalue weighted by Gasteiger charge is -2.34. The van der Waals surface area contributed by atoms with Crippen LogP contribution in [0.4, 0.5) is 0 Å². The van der Waals surface area contributed by atoms with Crippen LogP contribution in [-0.4, -0.2) is 44.9 Å². The van der Waals surface area contributed by atoms with Gasteiger partial charge in [-0.1, -0.05) is 11.6 Å². The summed E-state index contributed by atoms with van der Waals surface area (Å²) < 4.78 is 1.59. The first-order valence-corrected chi connectivity index (χ1v) is 7.41. The van der Waals surface area contributed by atoms with Gasteiger partial charge in [-0.05, 0) is 26.7 Å². The van der Waals surface area contributed by atoms with Crippen molar-refractivity contribution < 1.29 is 9.90 Å². The molecule has 2 unspecified atom stereocenters. The minimum atomic E-state index is -0.366. The van der Waals surface area contributed by atoms with Crippen molar-refractivity contribution in [1.82, 2.24) is 14.7 Å². The first-order chi connectivity index (χ1) is 9.40. The monoisotopic (exact) mass is 299 g/mol. The Balaban J connectivity index is 2.04. The molecule has 0 saturated carbocycles. The maximum atomic E-state index is 12.4. The van der Waals surface area contributed by atoms with Crippen molar-refractivity contribution in [2.45, 2.75) is 39.2 Å². The van der Waals surface area contributed by atoms with Crippen molar-refractivity contribution in [2.24, 2.45) is 13.0 Å². The average Bonchev–Trinajstić information content (AvgIpc) is 2.65. The molecule has 1 aliphatic heterocycles. The molecule has 0 spiro atoms. The number of likely N-dealkylation sites (tertiary alicyclic amines) is 1. The molecule has 1 amide bonds. The number of aliphatic hydroxyl groups is 1. The van der Waals surface area contributed by atoms with Crippen LogP contribution in [0.2, 0.25) is 5.15 Å². The zero-order valence-corrected chi connectivity index (χ0v) is 13.0. The van der Waals surface area contributed by atoms with Gasteiger partial charge in [0.05, 0.1) is 18.2 Å². The summed E-state index contributed by atoms with van der Waals surface area (Å²) in [5.41, 5.74) is 1.60. The van der Waals surface area contributed by atoms with Gasteiger partial charge >= 0.3 is 0 Å². The highest BCUT2D eigenvalue weighted by molar-refractivity contribution is 6.30. The van der Waals surface area contributed by atoms with Crippen molar-refractivity contribution in [2.75, 3.05) is 13.1 Å². The van der Waals surface area contributed by atoms with Crippen LogP contribution in [0, 0.1) is 12.8 Å². The lowest BCUT2D eigenvalue weighted by atomic mass is 9.93. The van der Waals surface area contributed by atoms with Gasteiger partial charge in [0.2, 0.25) is 5.91 Å². The van der Waals surface area contributed by atoms with E-state index >= 15 is 0 Å². The second kappa shape index (κ2) is 6.14. The van der Waals surface area contributed by atoms with Crippen LogP contribution in [0.25, 0.3) is 0 Å². The lowest BCUT2D eigenvalue weighted by molar-refractivity contribution is -0.133. The van der Waals surface area contributed by atoms with Gasteiger partial charge < -0.3 is 10.0 Å². The molecule has 112 valence electrons. The average molecular weight is 300 g/mol. The molecular formula is C14H22ClN3O2. The van der Waals surface area contributed by atoms with E-state index in [1.54, 1.807) is 18.7 Å². The minimum absolute atomic E-state index is 0.0633. The second-order valence-corrected chi connectivity index (χ2v) is 6.00. The predicted molar refractivity (Wildman–Crippen MR) is 77.6 cm³/mol. The van der Waals surface area contributed by atoms with Crippen LogP contribution in [0.15, 0.2) is 0 Å². The van der Waals surface area contributed by atoms with Crippen molar-refractivity contribution in [3.63, 3.8) is 0 Å². The number of carbonyl (C=O) groups excluding carboxylic acids is 1. The Kier molecular flexibility index (Phi) is 4.70. The van der Waals surface area contributed by atoms with Crippen LogP contribution in [0.1, 0.15) is 31.0 Å². The Morgan fingerprint density at radius 3 is 2.85 bits per heavy atom. The molecule has 2 heterocycles. The minimum Gasteiger partial charge on any atom is -0.393 e. The molecule has 5 nitrogen and oxygen atoms in total. The Hall–Kier alpha value is -1.07. The smallest absolute Gasteiger partial charge is 0.227 e. The number of carbonyl (C=O) groups is 1. The third kappa shape index (κ3) is 3.15. The van der Waals surface area contributed by atoms with Gasteiger partial charge in [0.15, 0.2) is 0 Å². The molecule has 2 atom stereocenters. The zero-order valence-electron chi connectivity index (χ0n) is 12.3. The SMILES string of the molecule is Cc1nn(C)c(Cl)c1CC(=O)N1CCCC(C(C)O)C1. The van der Waals surface area contributed by atoms with Gasteiger partial charge in [-0.3, -0.25) is 9.48 Å².